The first-order chi connectivity index (χ1) is 14.0. The lowest BCUT2D eigenvalue weighted by molar-refractivity contribution is 0.182. The van der Waals surface area contributed by atoms with Gasteiger partial charge in [-0.3, -0.25) is 4.98 Å². The van der Waals surface area contributed by atoms with E-state index in [0.29, 0.717) is 5.56 Å². The largest absolute Gasteiger partial charge is 0.505 e. The average molecular weight is 395 g/mol. The van der Waals surface area contributed by atoms with Crippen molar-refractivity contribution in [3.63, 3.8) is 0 Å². The number of hydrogen-bond donors (Lipinski definition) is 2. The maximum atomic E-state index is 14.0. The molecule has 1 unspecified atom stereocenters. The van der Waals surface area contributed by atoms with Gasteiger partial charge in [0.15, 0.2) is 11.6 Å². The number of phenolic OH excluding ortho intramolecular Hbond substituents is 1. The minimum Gasteiger partial charge on any atom is -0.505 e. The first kappa shape index (κ1) is 20.7. The Morgan fingerprint density at radius 2 is 1.62 bits per heavy atom. The molecule has 0 aliphatic rings. The van der Waals surface area contributed by atoms with Gasteiger partial charge in [-0.25, -0.2) is 4.39 Å². The van der Waals surface area contributed by atoms with E-state index in [1.54, 1.807) is 25.3 Å². The van der Waals surface area contributed by atoms with Gasteiger partial charge in [0, 0.05) is 17.3 Å². The zero-order chi connectivity index (χ0) is 20.8. The molecule has 29 heavy (non-hydrogen) atoms. The first-order valence-corrected chi connectivity index (χ1v) is 9.54. The zero-order valence-electron chi connectivity index (χ0n) is 16.1. The van der Waals surface area contributed by atoms with Crippen molar-refractivity contribution in [1.82, 2.24) is 4.98 Å². The van der Waals surface area contributed by atoms with Crippen LogP contribution in [-0.2, 0) is 0 Å². The summed E-state index contributed by atoms with van der Waals surface area (Å²) in [5.41, 5.74) is 3.30. The van der Waals surface area contributed by atoms with E-state index in [1.165, 1.54) is 6.07 Å². The second kappa shape index (κ2) is 9.43. The fourth-order valence-electron chi connectivity index (χ4n) is 3.01. The lowest BCUT2D eigenvalue weighted by atomic mass is 10.0. The molecule has 3 aromatic rings. The highest BCUT2D eigenvalue weighted by molar-refractivity contribution is 5.71. The van der Waals surface area contributed by atoms with Gasteiger partial charge < -0.3 is 10.2 Å². The highest BCUT2D eigenvalue weighted by Crippen LogP contribution is 2.30. The number of aromatic nitrogens is 1. The Labute approximate surface area is 169 Å². The second-order valence-electron chi connectivity index (χ2n) is 6.99. The summed E-state index contributed by atoms with van der Waals surface area (Å²) >= 11 is 0. The summed E-state index contributed by atoms with van der Waals surface area (Å²) in [6, 6.07) is 13.4. The minimum absolute atomic E-state index is 0.0982. The number of nitrogens with zero attached hydrogens (tertiary/aromatic N) is 1. The van der Waals surface area contributed by atoms with Gasteiger partial charge in [-0.2, -0.15) is 4.39 Å². The molecule has 1 heterocycles. The molecule has 2 N–H and O–H groups in total. The molecule has 1 atom stereocenters. The van der Waals surface area contributed by atoms with Gasteiger partial charge in [0.1, 0.15) is 0 Å². The van der Waals surface area contributed by atoms with Crippen molar-refractivity contribution in [3.8, 4) is 28.0 Å². The molecular formula is C24H23F2NO2. The number of allylic oxidation sites excluding steroid dienone is 1. The van der Waals surface area contributed by atoms with E-state index in [0.717, 1.165) is 42.1 Å². The number of aliphatic hydroxyl groups excluding tert-OH is 1. The number of halogens is 2. The van der Waals surface area contributed by atoms with Crippen molar-refractivity contribution < 1.29 is 19.0 Å². The SMILES string of the molecule is CC(O)CCCC=Cc1ccc(-c2ccc(-c3ccc(O)c(F)c3F)cc2)cn1. The van der Waals surface area contributed by atoms with Gasteiger partial charge in [-0.05, 0) is 61.6 Å². The molecule has 150 valence electrons. The van der Waals surface area contributed by atoms with E-state index in [1.807, 2.05) is 36.4 Å². The Morgan fingerprint density at radius 3 is 2.28 bits per heavy atom. The number of phenols is 1. The van der Waals surface area contributed by atoms with Crippen molar-refractivity contribution in [1.29, 1.82) is 0 Å². The highest BCUT2D eigenvalue weighted by atomic mass is 19.2. The molecule has 2 aromatic carbocycles. The zero-order valence-corrected chi connectivity index (χ0v) is 16.1. The quantitative estimate of drug-likeness (QED) is 0.485. The Bertz CT molecular complexity index is 981. The Kier molecular flexibility index (Phi) is 6.73. The molecule has 0 amide bonds. The molecule has 3 nitrogen and oxygen atoms in total. The number of unbranched alkanes of at least 4 members (excludes halogenated alkanes) is 1. The fourth-order valence-corrected chi connectivity index (χ4v) is 3.01. The molecule has 0 spiro atoms. The van der Waals surface area contributed by atoms with Crippen LogP contribution in [0.1, 0.15) is 31.9 Å². The molecule has 1 aromatic heterocycles. The maximum Gasteiger partial charge on any atom is 0.200 e. The smallest absolute Gasteiger partial charge is 0.200 e. The maximum absolute atomic E-state index is 14.0. The van der Waals surface area contributed by atoms with E-state index in [-0.39, 0.29) is 11.7 Å². The number of rotatable bonds is 7. The Hall–Kier alpha value is -3.05. The van der Waals surface area contributed by atoms with Crippen LogP contribution in [0, 0.1) is 11.6 Å². The molecule has 0 bridgehead atoms. The highest BCUT2D eigenvalue weighted by Gasteiger charge is 2.14. The van der Waals surface area contributed by atoms with Crippen LogP contribution >= 0.6 is 0 Å². The van der Waals surface area contributed by atoms with Gasteiger partial charge in [-0.15, -0.1) is 0 Å². The number of hydrogen-bond acceptors (Lipinski definition) is 3. The summed E-state index contributed by atoms with van der Waals surface area (Å²) in [6.45, 7) is 1.79. The normalized spacial score (nSPS) is 12.4. The van der Waals surface area contributed by atoms with Crippen LogP contribution < -0.4 is 0 Å². The first-order valence-electron chi connectivity index (χ1n) is 9.54. The monoisotopic (exact) mass is 395 g/mol. The number of aliphatic hydroxyl groups is 1. The van der Waals surface area contributed by atoms with E-state index < -0.39 is 17.4 Å². The van der Waals surface area contributed by atoms with Gasteiger partial charge in [0.2, 0.25) is 5.82 Å². The van der Waals surface area contributed by atoms with Crippen molar-refractivity contribution in [3.05, 3.63) is 78.1 Å². The predicted octanol–water partition coefficient (Wildman–Crippen LogP) is 5.96. The van der Waals surface area contributed by atoms with Crippen LogP contribution in [0.2, 0.25) is 0 Å². The second-order valence-corrected chi connectivity index (χ2v) is 6.99. The van der Waals surface area contributed by atoms with Gasteiger partial charge >= 0.3 is 0 Å². The lowest BCUT2D eigenvalue weighted by Crippen LogP contribution is -1.97. The third-order valence-electron chi connectivity index (χ3n) is 4.66. The van der Waals surface area contributed by atoms with Gasteiger partial charge in [-0.1, -0.05) is 36.4 Å². The van der Waals surface area contributed by atoms with Crippen molar-refractivity contribution in [2.24, 2.45) is 0 Å². The standard InChI is InChI=1S/C24H23F2NO2/c1-16(28)5-3-2-4-6-20-12-11-19(15-27-20)17-7-9-18(10-8-17)21-13-14-22(29)24(26)23(21)25/h4,6-16,28-29H,2-3,5H2,1H3. The van der Waals surface area contributed by atoms with Crippen LogP contribution in [-0.4, -0.2) is 21.3 Å². The van der Waals surface area contributed by atoms with Gasteiger partial charge in [0.25, 0.3) is 0 Å². The average Bonchev–Trinajstić information content (AvgIpc) is 2.72. The number of benzene rings is 2. The fraction of sp³-hybridized carbons (Fsp3) is 0.208. The minimum atomic E-state index is -1.25. The van der Waals surface area contributed by atoms with E-state index >= 15 is 0 Å². The molecule has 0 fully saturated rings. The predicted molar refractivity (Wildman–Crippen MR) is 111 cm³/mol. The van der Waals surface area contributed by atoms with Crippen molar-refractivity contribution in [2.75, 3.05) is 0 Å². The lowest BCUT2D eigenvalue weighted by Gasteiger charge is -2.07. The summed E-state index contributed by atoms with van der Waals surface area (Å²) in [6.07, 6.45) is 8.12. The van der Waals surface area contributed by atoms with Gasteiger partial charge in [0.05, 0.1) is 11.8 Å². The third-order valence-corrected chi connectivity index (χ3v) is 4.66. The molecule has 5 heteroatoms. The molecule has 0 radical (unpaired) electrons. The third kappa shape index (κ3) is 5.27. The number of aromatic hydroxyl groups is 1. The van der Waals surface area contributed by atoms with Crippen LogP contribution in [0.4, 0.5) is 8.78 Å². The topological polar surface area (TPSA) is 53.4 Å². The summed E-state index contributed by atoms with van der Waals surface area (Å²) < 4.78 is 27.6. The molecule has 0 aliphatic carbocycles. The van der Waals surface area contributed by atoms with E-state index in [4.69, 9.17) is 0 Å². The summed E-state index contributed by atoms with van der Waals surface area (Å²) in [5.74, 6) is -3.01. The molecular weight excluding hydrogens is 372 g/mol. The van der Waals surface area contributed by atoms with Crippen LogP contribution in [0.5, 0.6) is 5.75 Å². The molecule has 3 rings (SSSR count). The summed E-state index contributed by atoms with van der Waals surface area (Å²) in [5, 5.41) is 18.5. The van der Waals surface area contributed by atoms with Crippen LogP contribution in [0.25, 0.3) is 28.3 Å². The number of pyridine rings is 1. The molecule has 0 saturated carbocycles. The molecule has 0 aliphatic heterocycles. The Morgan fingerprint density at radius 1 is 0.931 bits per heavy atom. The van der Waals surface area contributed by atoms with E-state index in [9.17, 15) is 19.0 Å². The Balaban J connectivity index is 1.69. The van der Waals surface area contributed by atoms with E-state index in [2.05, 4.69) is 4.98 Å². The molecule has 0 saturated heterocycles. The van der Waals surface area contributed by atoms with Crippen LogP contribution in [0.15, 0.2) is 60.8 Å². The summed E-state index contributed by atoms with van der Waals surface area (Å²) in [4.78, 5) is 4.43. The van der Waals surface area contributed by atoms with Crippen LogP contribution in [0.3, 0.4) is 0 Å². The summed E-state index contributed by atoms with van der Waals surface area (Å²) in [7, 11) is 0. The van der Waals surface area contributed by atoms with Crippen molar-refractivity contribution >= 4 is 6.08 Å². The van der Waals surface area contributed by atoms with Crippen molar-refractivity contribution in [2.45, 2.75) is 32.3 Å².